The molecular formula is C17H19N3O3S2. The minimum atomic E-state index is -0.266. The molecular weight excluding hydrogens is 358 g/mol. The highest BCUT2D eigenvalue weighted by atomic mass is 32.2. The highest BCUT2D eigenvalue weighted by Gasteiger charge is 2.33. The molecule has 132 valence electrons. The fourth-order valence-electron chi connectivity index (χ4n) is 3.18. The van der Waals surface area contributed by atoms with Gasteiger partial charge in [0.15, 0.2) is 0 Å². The molecule has 2 aliphatic heterocycles. The van der Waals surface area contributed by atoms with Crippen LogP contribution < -0.4 is 10.9 Å². The summed E-state index contributed by atoms with van der Waals surface area (Å²) in [4.78, 5) is 26.7. The minimum absolute atomic E-state index is 0.122. The Kier molecular flexibility index (Phi) is 4.66. The van der Waals surface area contributed by atoms with Crippen molar-refractivity contribution in [3.05, 3.63) is 49.6 Å². The highest BCUT2D eigenvalue weighted by Crippen LogP contribution is 2.24. The van der Waals surface area contributed by atoms with E-state index in [-0.39, 0.29) is 23.6 Å². The fraction of sp³-hybridized carbons (Fsp3) is 0.471. The molecule has 2 aliphatic rings. The molecule has 0 aliphatic carbocycles. The van der Waals surface area contributed by atoms with Crippen LogP contribution in [0, 0.1) is 6.92 Å². The van der Waals surface area contributed by atoms with Crippen LogP contribution in [-0.2, 0) is 16.9 Å². The van der Waals surface area contributed by atoms with Gasteiger partial charge in [0.05, 0.1) is 29.8 Å². The van der Waals surface area contributed by atoms with Gasteiger partial charge in [0.1, 0.15) is 6.04 Å². The molecule has 2 unspecified atom stereocenters. The third kappa shape index (κ3) is 3.38. The minimum Gasteiger partial charge on any atom is -0.377 e. The maximum Gasteiger partial charge on any atom is 0.267 e. The van der Waals surface area contributed by atoms with E-state index in [0.29, 0.717) is 18.1 Å². The Hall–Kier alpha value is -1.64. The Balaban J connectivity index is 1.57. The summed E-state index contributed by atoms with van der Waals surface area (Å²) < 4.78 is 7.06. The zero-order chi connectivity index (χ0) is 17.4. The van der Waals surface area contributed by atoms with E-state index in [1.165, 1.54) is 16.0 Å². The number of amides is 1. The van der Waals surface area contributed by atoms with Crippen LogP contribution in [-0.4, -0.2) is 40.7 Å². The van der Waals surface area contributed by atoms with Crippen LogP contribution in [0.5, 0.6) is 0 Å². The predicted octanol–water partition coefficient (Wildman–Crippen LogP) is 1.77. The van der Waals surface area contributed by atoms with Crippen molar-refractivity contribution in [3.8, 4) is 0 Å². The zero-order valence-electron chi connectivity index (χ0n) is 13.9. The summed E-state index contributed by atoms with van der Waals surface area (Å²) >= 11 is 3.28. The number of carbonyl (C=O) groups excluding carboxylic acids is 1. The summed E-state index contributed by atoms with van der Waals surface area (Å²) in [5.74, 6) is 1.75. The van der Waals surface area contributed by atoms with Crippen molar-refractivity contribution in [1.29, 1.82) is 0 Å². The van der Waals surface area contributed by atoms with Gasteiger partial charge in [-0.1, -0.05) is 0 Å². The lowest BCUT2D eigenvalue weighted by Gasteiger charge is -2.22. The van der Waals surface area contributed by atoms with Crippen LogP contribution in [0.4, 0.5) is 0 Å². The number of fused-ring (bicyclic) bond motifs is 1. The van der Waals surface area contributed by atoms with E-state index in [1.807, 2.05) is 30.8 Å². The molecule has 0 bridgehead atoms. The Morgan fingerprint density at radius 3 is 3.08 bits per heavy atom. The van der Waals surface area contributed by atoms with Crippen molar-refractivity contribution in [1.82, 2.24) is 15.1 Å². The normalized spacial score (nSPS) is 22.6. The van der Waals surface area contributed by atoms with Gasteiger partial charge in [-0.05, 0) is 30.4 Å². The molecule has 6 nitrogen and oxygen atoms in total. The zero-order valence-corrected chi connectivity index (χ0v) is 15.5. The van der Waals surface area contributed by atoms with Crippen molar-refractivity contribution in [2.45, 2.75) is 31.2 Å². The number of ether oxygens (including phenoxy) is 1. The van der Waals surface area contributed by atoms with E-state index in [4.69, 9.17) is 4.74 Å². The van der Waals surface area contributed by atoms with Crippen LogP contribution in [0.2, 0.25) is 0 Å². The molecule has 1 saturated heterocycles. The van der Waals surface area contributed by atoms with Gasteiger partial charge in [-0.25, -0.2) is 4.68 Å². The molecule has 2 aromatic rings. The molecule has 4 rings (SSSR count). The van der Waals surface area contributed by atoms with Gasteiger partial charge in [-0.15, -0.1) is 11.3 Å². The van der Waals surface area contributed by atoms with Crippen molar-refractivity contribution in [2.24, 2.45) is 0 Å². The SMILES string of the molecule is Cc1ccc(C(=O)NC2COCC2n2nc3c(cc2=O)CSCC3)s1. The molecule has 0 radical (unpaired) electrons. The summed E-state index contributed by atoms with van der Waals surface area (Å²) in [6.45, 7) is 2.74. The Bertz CT molecular complexity index is 861. The molecule has 1 amide bonds. The fourth-order valence-corrected chi connectivity index (χ4v) is 4.91. The monoisotopic (exact) mass is 377 g/mol. The number of hydrogen-bond acceptors (Lipinski definition) is 6. The lowest BCUT2D eigenvalue weighted by atomic mass is 10.1. The summed E-state index contributed by atoms with van der Waals surface area (Å²) in [5.41, 5.74) is 1.90. The molecule has 4 heterocycles. The van der Waals surface area contributed by atoms with Crippen molar-refractivity contribution in [2.75, 3.05) is 19.0 Å². The third-order valence-electron chi connectivity index (χ3n) is 4.51. The molecule has 0 spiro atoms. The lowest BCUT2D eigenvalue weighted by Crippen LogP contribution is -2.44. The van der Waals surface area contributed by atoms with Crippen LogP contribution in [0.3, 0.4) is 0 Å². The number of thiophene rings is 1. The maximum atomic E-state index is 12.5. The number of rotatable bonds is 3. The van der Waals surface area contributed by atoms with Crippen molar-refractivity contribution in [3.63, 3.8) is 0 Å². The average molecular weight is 377 g/mol. The van der Waals surface area contributed by atoms with Gasteiger partial charge < -0.3 is 10.1 Å². The summed E-state index contributed by atoms with van der Waals surface area (Å²) in [7, 11) is 0. The first-order chi connectivity index (χ1) is 12.1. The molecule has 2 atom stereocenters. The van der Waals surface area contributed by atoms with Gasteiger partial charge in [0.25, 0.3) is 11.5 Å². The van der Waals surface area contributed by atoms with Crippen LogP contribution in [0.25, 0.3) is 0 Å². The Morgan fingerprint density at radius 1 is 1.40 bits per heavy atom. The Morgan fingerprint density at radius 2 is 2.28 bits per heavy atom. The number of carbonyl (C=O) groups is 1. The number of nitrogens with one attached hydrogen (secondary N) is 1. The predicted molar refractivity (Wildman–Crippen MR) is 98.5 cm³/mol. The second-order valence-corrected chi connectivity index (χ2v) is 8.69. The molecule has 25 heavy (non-hydrogen) atoms. The van der Waals surface area contributed by atoms with Crippen LogP contribution in [0.1, 0.15) is 31.8 Å². The topological polar surface area (TPSA) is 73.2 Å². The highest BCUT2D eigenvalue weighted by molar-refractivity contribution is 7.98. The van der Waals surface area contributed by atoms with Gasteiger partial charge in [-0.3, -0.25) is 9.59 Å². The summed E-state index contributed by atoms with van der Waals surface area (Å²) in [5, 5.41) is 7.60. The molecule has 2 aromatic heterocycles. The number of aryl methyl sites for hydroxylation is 2. The van der Waals surface area contributed by atoms with Crippen molar-refractivity contribution >= 4 is 29.0 Å². The van der Waals surface area contributed by atoms with Gasteiger partial charge >= 0.3 is 0 Å². The van der Waals surface area contributed by atoms with E-state index in [2.05, 4.69) is 10.4 Å². The van der Waals surface area contributed by atoms with E-state index in [9.17, 15) is 9.59 Å². The van der Waals surface area contributed by atoms with E-state index < -0.39 is 0 Å². The lowest BCUT2D eigenvalue weighted by molar-refractivity contribution is 0.0928. The Labute approximate surface area is 153 Å². The second kappa shape index (κ2) is 6.93. The van der Waals surface area contributed by atoms with E-state index in [1.54, 1.807) is 6.07 Å². The first-order valence-electron chi connectivity index (χ1n) is 8.26. The van der Waals surface area contributed by atoms with Crippen molar-refractivity contribution < 1.29 is 9.53 Å². The van der Waals surface area contributed by atoms with Crippen LogP contribution >= 0.6 is 23.1 Å². The quantitative estimate of drug-likeness (QED) is 0.883. The number of aromatic nitrogens is 2. The number of hydrogen-bond donors (Lipinski definition) is 1. The first-order valence-corrected chi connectivity index (χ1v) is 10.2. The van der Waals surface area contributed by atoms with Gasteiger partial charge in [0.2, 0.25) is 0 Å². The molecule has 0 saturated carbocycles. The molecule has 1 fully saturated rings. The number of thioether (sulfide) groups is 1. The van der Waals surface area contributed by atoms with Gasteiger partial charge in [-0.2, -0.15) is 16.9 Å². The molecule has 1 N–H and O–H groups in total. The largest absolute Gasteiger partial charge is 0.377 e. The average Bonchev–Trinajstić information content (AvgIpc) is 3.23. The smallest absolute Gasteiger partial charge is 0.267 e. The van der Waals surface area contributed by atoms with E-state index >= 15 is 0 Å². The summed E-state index contributed by atoms with van der Waals surface area (Å²) in [6, 6.07) is 4.92. The number of nitrogens with zero attached hydrogens (tertiary/aromatic N) is 2. The van der Waals surface area contributed by atoms with Crippen LogP contribution in [0.15, 0.2) is 23.0 Å². The standard InChI is InChI=1S/C17H19N3O3S2/c1-10-2-3-15(25-10)17(22)18-13-7-23-8-14(13)20-16(21)6-11-9-24-5-4-12(11)19-20/h2-3,6,13-14H,4-5,7-9H2,1H3,(H,18,22). The second-order valence-electron chi connectivity index (χ2n) is 6.30. The van der Waals surface area contributed by atoms with Gasteiger partial charge in [0, 0.05) is 23.1 Å². The molecule has 0 aromatic carbocycles. The molecule has 8 heteroatoms. The van der Waals surface area contributed by atoms with E-state index in [0.717, 1.165) is 34.1 Å². The maximum absolute atomic E-state index is 12.5. The first kappa shape index (κ1) is 16.8. The third-order valence-corrected chi connectivity index (χ3v) is 6.52. The summed E-state index contributed by atoms with van der Waals surface area (Å²) in [6.07, 6.45) is 0.874.